The fourth-order valence-electron chi connectivity index (χ4n) is 0.827. The van der Waals surface area contributed by atoms with Gasteiger partial charge in [0.2, 0.25) is 5.78 Å². The molecule has 1 heterocycles. The van der Waals surface area contributed by atoms with Crippen LogP contribution in [-0.2, 0) is 9.53 Å². The third-order valence-electron chi connectivity index (χ3n) is 1.36. The summed E-state index contributed by atoms with van der Waals surface area (Å²) in [7, 11) is 0. The van der Waals surface area contributed by atoms with Gasteiger partial charge >= 0.3 is 0 Å². The highest BCUT2D eigenvalue weighted by Gasteiger charge is 2.19. The molecule has 54 valence electrons. The molecule has 1 aliphatic rings. The van der Waals surface area contributed by atoms with Crippen LogP contribution in [0, 0.1) is 12.3 Å². The van der Waals surface area contributed by atoms with Crippen molar-refractivity contribution in [2.75, 3.05) is 19.7 Å². The van der Waals surface area contributed by atoms with Crippen LogP contribution in [0.15, 0.2) is 0 Å². The van der Waals surface area contributed by atoms with E-state index in [1.807, 2.05) is 5.92 Å². The molecule has 1 N–H and O–H groups in total. The van der Waals surface area contributed by atoms with Crippen molar-refractivity contribution in [2.24, 2.45) is 0 Å². The Morgan fingerprint density at radius 2 is 2.60 bits per heavy atom. The molecule has 0 aromatic carbocycles. The zero-order chi connectivity index (χ0) is 7.40. The van der Waals surface area contributed by atoms with Crippen molar-refractivity contribution in [3.8, 4) is 12.3 Å². The molecule has 1 unspecified atom stereocenters. The third-order valence-corrected chi connectivity index (χ3v) is 1.36. The van der Waals surface area contributed by atoms with Crippen LogP contribution in [0.5, 0.6) is 0 Å². The van der Waals surface area contributed by atoms with Crippen molar-refractivity contribution in [3.63, 3.8) is 0 Å². The van der Waals surface area contributed by atoms with Crippen LogP contribution in [0.3, 0.4) is 0 Å². The number of hydrogen-bond donors (Lipinski definition) is 1. The van der Waals surface area contributed by atoms with E-state index in [9.17, 15) is 4.79 Å². The first-order chi connectivity index (χ1) is 4.84. The monoisotopic (exact) mass is 139 g/mol. The van der Waals surface area contributed by atoms with Crippen molar-refractivity contribution in [2.45, 2.75) is 6.10 Å². The van der Waals surface area contributed by atoms with Crippen LogP contribution in [0.25, 0.3) is 0 Å². The first-order valence-electron chi connectivity index (χ1n) is 3.17. The summed E-state index contributed by atoms with van der Waals surface area (Å²) in [6, 6.07) is 0. The van der Waals surface area contributed by atoms with Gasteiger partial charge in [-0.05, 0) is 5.92 Å². The molecular formula is C7H9NO2. The Bertz CT molecular complexity index is 165. The Morgan fingerprint density at radius 1 is 1.80 bits per heavy atom. The molecule has 0 aromatic heterocycles. The molecule has 1 fully saturated rings. The van der Waals surface area contributed by atoms with E-state index in [-0.39, 0.29) is 5.78 Å². The van der Waals surface area contributed by atoms with Gasteiger partial charge in [0.15, 0.2) is 0 Å². The van der Waals surface area contributed by atoms with E-state index >= 15 is 0 Å². The topological polar surface area (TPSA) is 38.3 Å². The first-order valence-corrected chi connectivity index (χ1v) is 3.17. The van der Waals surface area contributed by atoms with Crippen LogP contribution in [0.2, 0.25) is 0 Å². The van der Waals surface area contributed by atoms with Gasteiger partial charge in [-0.15, -0.1) is 6.42 Å². The summed E-state index contributed by atoms with van der Waals surface area (Å²) >= 11 is 0. The van der Waals surface area contributed by atoms with Crippen LogP contribution in [0.4, 0.5) is 0 Å². The van der Waals surface area contributed by atoms with Crippen molar-refractivity contribution in [1.29, 1.82) is 0 Å². The minimum absolute atomic E-state index is 0.271. The first kappa shape index (κ1) is 7.26. The third kappa shape index (κ3) is 1.56. The zero-order valence-corrected chi connectivity index (χ0v) is 5.59. The van der Waals surface area contributed by atoms with E-state index in [4.69, 9.17) is 11.2 Å². The summed E-state index contributed by atoms with van der Waals surface area (Å²) in [5.41, 5.74) is 0. The Labute approximate surface area is 59.7 Å². The maximum absolute atomic E-state index is 10.8. The number of ether oxygens (including phenoxy) is 1. The van der Waals surface area contributed by atoms with Gasteiger partial charge in [-0.2, -0.15) is 0 Å². The SMILES string of the molecule is C#CC(=O)C1CNCCO1. The highest BCUT2D eigenvalue weighted by molar-refractivity contribution is 5.98. The fraction of sp³-hybridized carbons (Fsp3) is 0.571. The molecule has 10 heavy (non-hydrogen) atoms. The maximum Gasteiger partial charge on any atom is 0.235 e. The Balaban J connectivity index is 2.40. The average Bonchev–Trinajstić information content (AvgIpc) is 2.05. The van der Waals surface area contributed by atoms with Gasteiger partial charge in [-0.25, -0.2) is 0 Å². The van der Waals surface area contributed by atoms with Gasteiger partial charge in [0, 0.05) is 13.1 Å². The second-order valence-electron chi connectivity index (χ2n) is 2.07. The number of terminal acetylenes is 1. The van der Waals surface area contributed by atoms with Crippen molar-refractivity contribution in [1.82, 2.24) is 5.32 Å². The molecule has 0 amide bonds. The van der Waals surface area contributed by atoms with Crippen molar-refractivity contribution < 1.29 is 9.53 Å². The number of rotatable bonds is 1. The number of hydrogen-bond acceptors (Lipinski definition) is 3. The lowest BCUT2D eigenvalue weighted by molar-refractivity contribution is -0.126. The van der Waals surface area contributed by atoms with Gasteiger partial charge in [0.1, 0.15) is 6.10 Å². The maximum atomic E-state index is 10.8. The molecule has 3 nitrogen and oxygen atoms in total. The van der Waals surface area contributed by atoms with Crippen LogP contribution in [-0.4, -0.2) is 31.6 Å². The smallest absolute Gasteiger partial charge is 0.235 e. The Kier molecular flexibility index (Phi) is 2.43. The number of morpholine rings is 1. The van der Waals surface area contributed by atoms with Gasteiger partial charge in [-0.3, -0.25) is 4.79 Å². The minimum Gasteiger partial charge on any atom is -0.367 e. The van der Waals surface area contributed by atoms with Crippen LogP contribution < -0.4 is 5.32 Å². The number of carbonyl (C=O) groups is 1. The lowest BCUT2D eigenvalue weighted by Crippen LogP contribution is -2.42. The van der Waals surface area contributed by atoms with E-state index in [0.717, 1.165) is 6.54 Å². The molecule has 0 aliphatic carbocycles. The average molecular weight is 139 g/mol. The molecular weight excluding hydrogens is 130 g/mol. The van der Waals surface area contributed by atoms with Crippen molar-refractivity contribution in [3.05, 3.63) is 0 Å². The van der Waals surface area contributed by atoms with E-state index in [1.54, 1.807) is 0 Å². The summed E-state index contributed by atoms with van der Waals surface area (Å²) in [4.78, 5) is 10.8. The molecule has 0 spiro atoms. The molecule has 0 bridgehead atoms. The number of nitrogens with one attached hydrogen (secondary N) is 1. The Hall–Kier alpha value is -0.850. The fourth-order valence-corrected chi connectivity index (χ4v) is 0.827. The normalized spacial score (nSPS) is 25.3. The molecule has 0 aromatic rings. The van der Waals surface area contributed by atoms with E-state index in [0.29, 0.717) is 13.2 Å². The molecule has 0 saturated carbocycles. The second-order valence-corrected chi connectivity index (χ2v) is 2.07. The predicted molar refractivity (Wildman–Crippen MR) is 36.4 cm³/mol. The van der Waals surface area contributed by atoms with Gasteiger partial charge in [0.05, 0.1) is 6.61 Å². The van der Waals surface area contributed by atoms with E-state index < -0.39 is 6.10 Å². The number of ketones is 1. The summed E-state index contributed by atoms with van der Waals surface area (Å²) in [5, 5.41) is 3.01. The molecule has 1 atom stereocenters. The zero-order valence-electron chi connectivity index (χ0n) is 5.59. The molecule has 3 heteroatoms. The summed E-state index contributed by atoms with van der Waals surface area (Å²) in [6.45, 7) is 1.91. The van der Waals surface area contributed by atoms with Gasteiger partial charge in [-0.1, -0.05) is 0 Å². The summed E-state index contributed by atoms with van der Waals surface area (Å²) in [5.74, 6) is 1.76. The molecule has 0 radical (unpaired) electrons. The molecule has 1 aliphatic heterocycles. The summed E-state index contributed by atoms with van der Waals surface area (Å²) in [6.07, 6.45) is 4.48. The van der Waals surface area contributed by atoms with Crippen molar-refractivity contribution >= 4 is 5.78 Å². The number of Topliss-reactive ketones (excluding diaryl/α,β-unsaturated/α-hetero) is 1. The van der Waals surface area contributed by atoms with Gasteiger partial charge in [0.25, 0.3) is 0 Å². The minimum atomic E-state index is -0.418. The largest absolute Gasteiger partial charge is 0.367 e. The van der Waals surface area contributed by atoms with Crippen LogP contribution >= 0.6 is 0 Å². The highest BCUT2D eigenvalue weighted by Crippen LogP contribution is 1.95. The number of carbonyl (C=O) groups excluding carboxylic acids is 1. The van der Waals surface area contributed by atoms with E-state index in [1.165, 1.54) is 0 Å². The standard InChI is InChI=1S/C7H9NO2/c1-2-6(9)7-5-8-3-4-10-7/h1,7-8H,3-5H2. The van der Waals surface area contributed by atoms with E-state index in [2.05, 4.69) is 5.32 Å². The lowest BCUT2D eigenvalue weighted by atomic mass is 10.2. The lowest BCUT2D eigenvalue weighted by Gasteiger charge is -2.20. The molecule has 1 rings (SSSR count). The summed E-state index contributed by atoms with van der Waals surface area (Å²) < 4.78 is 5.08. The Morgan fingerprint density at radius 3 is 3.10 bits per heavy atom. The molecule has 1 saturated heterocycles. The quantitative estimate of drug-likeness (QED) is 0.381. The second kappa shape index (κ2) is 3.35. The van der Waals surface area contributed by atoms with Gasteiger partial charge < -0.3 is 10.1 Å². The highest BCUT2D eigenvalue weighted by atomic mass is 16.5. The predicted octanol–water partition coefficient (Wildman–Crippen LogP) is -0.823. The van der Waals surface area contributed by atoms with Crippen LogP contribution in [0.1, 0.15) is 0 Å².